The lowest BCUT2D eigenvalue weighted by Crippen LogP contribution is -2.36. The summed E-state index contributed by atoms with van der Waals surface area (Å²) >= 11 is 0. The molecule has 4 aromatic rings. The van der Waals surface area contributed by atoms with Crippen LogP contribution in [0.2, 0.25) is 0 Å². The third kappa shape index (κ3) is 5.15. The van der Waals surface area contributed by atoms with E-state index in [4.69, 9.17) is 19.2 Å². The molecule has 8 nitrogen and oxygen atoms in total. The summed E-state index contributed by atoms with van der Waals surface area (Å²) in [5.41, 5.74) is 4.79. The molecule has 0 aliphatic carbocycles. The van der Waals surface area contributed by atoms with Crippen LogP contribution in [0.5, 0.6) is 11.6 Å². The number of rotatable bonds is 7. The fraction of sp³-hybridized carbons (Fsp3) is 0.259. The van der Waals surface area contributed by atoms with E-state index in [1.807, 2.05) is 48.5 Å². The third-order valence-corrected chi connectivity index (χ3v) is 5.97. The molecule has 0 spiro atoms. The second kappa shape index (κ2) is 10.4. The van der Waals surface area contributed by atoms with E-state index in [2.05, 4.69) is 20.9 Å². The number of methoxy groups -OCH3 is 1. The fourth-order valence-electron chi connectivity index (χ4n) is 4.03. The molecule has 5 rings (SSSR count). The molecule has 8 heteroatoms. The van der Waals surface area contributed by atoms with E-state index in [0.717, 1.165) is 41.3 Å². The van der Waals surface area contributed by atoms with Crippen molar-refractivity contribution < 1.29 is 14.2 Å². The summed E-state index contributed by atoms with van der Waals surface area (Å²) < 4.78 is 16.4. The number of pyridine rings is 1. The number of nitriles is 1. The van der Waals surface area contributed by atoms with E-state index in [1.54, 1.807) is 19.5 Å². The lowest BCUT2D eigenvalue weighted by Gasteiger charge is -2.27. The Bertz CT molecular complexity index is 1340. The minimum absolute atomic E-state index is 0.420. The predicted octanol–water partition coefficient (Wildman–Crippen LogP) is 3.91. The number of fused-ring (bicyclic) bond motifs is 1. The van der Waals surface area contributed by atoms with Gasteiger partial charge < -0.3 is 19.1 Å². The second-order valence-electron chi connectivity index (χ2n) is 8.23. The summed E-state index contributed by atoms with van der Waals surface area (Å²) in [6.45, 7) is 3.28. The second-order valence-corrected chi connectivity index (χ2v) is 8.23. The van der Waals surface area contributed by atoms with Gasteiger partial charge in [-0.3, -0.25) is 4.98 Å². The highest BCUT2D eigenvalue weighted by Gasteiger charge is 2.16. The topological polar surface area (TPSA) is 93.4 Å². The summed E-state index contributed by atoms with van der Waals surface area (Å²) in [6, 6.07) is 17.8. The Morgan fingerprint density at radius 3 is 2.49 bits per heavy atom. The number of benzene rings is 2. The zero-order chi connectivity index (χ0) is 24.0. The molecule has 176 valence electrons. The molecule has 1 aliphatic heterocycles. The molecule has 0 atom stereocenters. The van der Waals surface area contributed by atoms with E-state index in [1.165, 1.54) is 0 Å². The van der Waals surface area contributed by atoms with Gasteiger partial charge in [0.2, 0.25) is 5.88 Å². The van der Waals surface area contributed by atoms with E-state index in [0.29, 0.717) is 48.7 Å². The molecule has 1 saturated heterocycles. The number of morpholine rings is 1. The average Bonchev–Trinajstić information content (AvgIpc) is 2.93. The lowest BCUT2D eigenvalue weighted by atomic mass is 10.00. The van der Waals surface area contributed by atoms with Crippen LogP contribution in [0.1, 0.15) is 22.3 Å². The first kappa shape index (κ1) is 22.6. The van der Waals surface area contributed by atoms with E-state index >= 15 is 0 Å². The summed E-state index contributed by atoms with van der Waals surface area (Å²) in [5, 5.41) is 9.96. The van der Waals surface area contributed by atoms with Gasteiger partial charge in [-0.25, -0.2) is 9.97 Å². The van der Waals surface area contributed by atoms with Crippen molar-refractivity contribution in [1.82, 2.24) is 15.0 Å². The summed E-state index contributed by atoms with van der Waals surface area (Å²) in [4.78, 5) is 15.9. The number of hydrogen-bond donors (Lipinski definition) is 0. The molecule has 0 radical (unpaired) electrons. The van der Waals surface area contributed by atoms with Gasteiger partial charge in [0.25, 0.3) is 0 Å². The molecule has 1 aliphatic rings. The van der Waals surface area contributed by atoms with E-state index in [-0.39, 0.29) is 0 Å². The van der Waals surface area contributed by atoms with E-state index < -0.39 is 0 Å². The molecular formula is C27H25N5O3. The molecule has 0 amide bonds. The summed E-state index contributed by atoms with van der Waals surface area (Å²) in [7, 11) is 1.64. The Hall–Kier alpha value is -4.22. The number of hydrogen-bond acceptors (Lipinski definition) is 8. The van der Waals surface area contributed by atoms with Crippen LogP contribution < -0.4 is 14.4 Å². The van der Waals surface area contributed by atoms with Gasteiger partial charge in [0.15, 0.2) is 0 Å². The van der Waals surface area contributed by atoms with Gasteiger partial charge in [0.1, 0.15) is 29.8 Å². The maximum absolute atomic E-state index is 9.96. The van der Waals surface area contributed by atoms with Gasteiger partial charge in [-0.15, -0.1) is 0 Å². The van der Waals surface area contributed by atoms with Gasteiger partial charge in [-0.2, -0.15) is 5.26 Å². The van der Waals surface area contributed by atoms with Crippen LogP contribution in [0.4, 0.5) is 5.82 Å². The lowest BCUT2D eigenvalue weighted by molar-refractivity contribution is 0.122. The van der Waals surface area contributed by atoms with Crippen LogP contribution in [0.15, 0.2) is 60.9 Å². The molecular weight excluding hydrogens is 442 g/mol. The van der Waals surface area contributed by atoms with Crippen molar-refractivity contribution >= 4 is 16.9 Å². The molecule has 35 heavy (non-hydrogen) atoms. The Kier molecular flexibility index (Phi) is 6.68. The van der Waals surface area contributed by atoms with Crippen LogP contribution in [0, 0.1) is 11.3 Å². The van der Waals surface area contributed by atoms with Crippen LogP contribution >= 0.6 is 0 Å². The van der Waals surface area contributed by atoms with Crippen LogP contribution in [0.25, 0.3) is 11.0 Å². The minimum atomic E-state index is 0.420. The van der Waals surface area contributed by atoms with Gasteiger partial charge in [-0.1, -0.05) is 24.3 Å². The Balaban J connectivity index is 1.31. The first-order valence-electron chi connectivity index (χ1n) is 11.5. The molecule has 0 saturated carbocycles. The van der Waals surface area contributed by atoms with Crippen molar-refractivity contribution in [2.24, 2.45) is 0 Å². The molecule has 2 aromatic heterocycles. The zero-order valence-electron chi connectivity index (χ0n) is 19.5. The van der Waals surface area contributed by atoms with Crippen molar-refractivity contribution in [2.45, 2.75) is 13.0 Å². The largest absolute Gasteiger partial charge is 0.497 e. The highest BCUT2D eigenvalue weighted by atomic mass is 16.5. The maximum Gasteiger partial charge on any atom is 0.213 e. The van der Waals surface area contributed by atoms with Gasteiger partial charge in [0.05, 0.1) is 37.6 Å². The zero-order valence-corrected chi connectivity index (χ0v) is 19.5. The molecule has 3 heterocycles. The fourth-order valence-corrected chi connectivity index (χ4v) is 4.03. The molecule has 0 N–H and O–H groups in total. The minimum Gasteiger partial charge on any atom is -0.497 e. The summed E-state index contributed by atoms with van der Waals surface area (Å²) in [5.74, 6) is 2.13. The van der Waals surface area contributed by atoms with Crippen molar-refractivity contribution in [3.05, 3.63) is 83.2 Å². The van der Waals surface area contributed by atoms with Crippen molar-refractivity contribution in [3.8, 4) is 17.7 Å². The number of nitrogens with zero attached hydrogens (tertiary/aromatic N) is 5. The molecule has 1 fully saturated rings. The highest BCUT2D eigenvalue weighted by molar-refractivity contribution is 5.83. The Labute approximate surface area is 203 Å². The predicted molar refractivity (Wildman–Crippen MR) is 132 cm³/mol. The first-order valence-corrected chi connectivity index (χ1v) is 11.5. The normalized spacial score (nSPS) is 13.4. The van der Waals surface area contributed by atoms with Crippen molar-refractivity contribution in [1.29, 1.82) is 5.26 Å². The SMILES string of the molecule is COc1ccc(COc2ccc(Cc3ccc4ncc(N5CCOCC5)nc4c3C#N)cn2)cc1. The van der Waals surface area contributed by atoms with Crippen molar-refractivity contribution in [2.75, 3.05) is 38.3 Å². The van der Waals surface area contributed by atoms with Crippen LogP contribution in [-0.2, 0) is 17.8 Å². The van der Waals surface area contributed by atoms with Crippen LogP contribution in [0.3, 0.4) is 0 Å². The quantitative estimate of drug-likeness (QED) is 0.404. The molecule has 0 bridgehead atoms. The van der Waals surface area contributed by atoms with Gasteiger partial charge in [0, 0.05) is 31.8 Å². The summed E-state index contributed by atoms with van der Waals surface area (Å²) in [6.07, 6.45) is 4.11. The van der Waals surface area contributed by atoms with Gasteiger partial charge in [-0.05, 0) is 34.9 Å². The number of ether oxygens (including phenoxy) is 3. The highest BCUT2D eigenvalue weighted by Crippen LogP contribution is 2.24. The van der Waals surface area contributed by atoms with Crippen LogP contribution in [-0.4, -0.2) is 48.4 Å². The maximum atomic E-state index is 9.96. The molecule has 2 aromatic carbocycles. The first-order chi connectivity index (χ1) is 17.2. The standard InChI is InChI=1S/C27H25N5O3/c1-33-22-6-2-19(3-7-22)18-35-26-9-4-20(16-30-26)14-21-5-8-24-27(23(21)15-28)31-25(17-29-24)32-10-12-34-13-11-32/h2-9,16-17H,10-14,18H2,1H3. The van der Waals surface area contributed by atoms with Crippen molar-refractivity contribution in [3.63, 3.8) is 0 Å². The monoisotopic (exact) mass is 467 g/mol. The molecule has 0 unspecified atom stereocenters. The average molecular weight is 468 g/mol. The number of aromatic nitrogens is 3. The smallest absolute Gasteiger partial charge is 0.213 e. The third-order valence-electron chi connectivity index (χ3n) is 5.97. The Morgan fingerprint density at radius 1 is 0.971 bits per heavy atom. The number of anilines is 1. The Morgan fingerprint density at radius 2 is 1.77 bits per heavy atom. The van der Waals surface area contributed by atoms with Gasteiger partial charge >= 0.3 is 0 Å². The van der Waals surface area contributed by atoms with E-state index in [9.17, 15) is 5.26 Å².